The zero-order valence-electron chi connectivity index (χ0n) is 11.2. The van der Waals surface area contributed by atoms with Crippen LogP contribution >= 0.6 is 0 Å². The molecule has 20 heavy (non-hydrogen) atoms. The Labute approximate surface area is 118 Å². The molecule has 1 heterocycles. The summed E-state index contributed by atoms with van der Waals surface area (Å²) in [5.74, 6) is 1.07. The summed E-state index contributed by atoms with van der Waals surface area (Å²) in [7, 11) is -3.09. The van der Waals surface area contributed by atoms with Gasteiger partial charge in [-0.15, -0.1) is 0 Å². The first kappa shape index (κ1) is 14.6. The maximum Gasteiger partial charge on any atom is 0.231 e. The number of ether oxygens (including phenoxy) is 2. The zero-order chi connectivity index (χ0) is 14.6. The van der Waals surface area contributed by atoms with Gasteiger partial charge < -0.3 is 14.8 Å². The molecule has 1 amide bonds. The number of rotatable bonds is 6. The molecule has 0 atom stereocenters. The molecule has 2 rings (SSSR count). The highest BCUT2D eigenvalue weighted by Gasteiger charge is 2.13. The third kappa shape index (κ3) is 4.41. The maximum absolute atomic E-state index is 11.4. The minimum absolute atomic E-state index is 0.0000275. The van der Waals surface area contributed by atoms with E-state index in [2.05, 4.69) is 5.32 Å². The molecule has 1 aromatic rings. The molecule has 0 unspecified atom stereocenters. The van der Waals surface area contributed by atoms with Crippen molar-refractivity contribution in [1.29, 1.82) is 0 Å². The van der Waals surface area contributed by atoms with Crippen molar-refractivity contribution in [2.24, 2.45) is 0 Å². The molecule has 1 N–H and O–H groups in total. The number of amides is 1. The molecule has 110 valence electrons. The Morgan fingerprint density at radius 1 is 1.30 bits per heavy atom. The molecule has 0 aliphatic carbocycles. The highest BCUT2D eigenvalue weighted by molar-refractivity contribution is 7.90. The Balaban J connectivity index is 1.74. The minimum atomic E-state index is -3.09. The summed E-state index contributed by atoms with van der Waals surface area (Å²) < 4.78 is 32.3. The van der Waals surface area contributed by atoms with Crippen LogP contribution in [0.1, 0.15) is 12.0 Å². The first-order valence-electron chi connectivity index (χ1n) is 6.27. The summed E-state index contributed by atoms with van der Waals surface area (Å²) in [6.07, 6.45) is 1.77. The average molecular weight is 299 g/mol. The van der Waals surface area contributed by atoms with Gasteiger partial charge in [0.05, 0.1) is 5.75 Å². The molecule has 0 spiro atoms. The number of carbonyl (C=O) groups excluding carboxylic acids is 1. The summed E-state index contributed by atoms with van der Waals surface area (Å²) in [5.41, 5.74) is 1.03. The number of carbonyl (C=O) groups is 1. The molecule has 0 fully saturated rings. The van der Waals surface area contributed by atoms with Gasteiger partial charge in [-0.05, 0) is 24.1 Å². The Bertz CT molecular complexity index is 597. The predicted octanol–water partition coefficient (Wildman–Crippen LogP) is 0.509. The standard InChI is InChI=1S/C13H17NO5S/c1-20(16,17)7-5-13(15)14-6-4-10-2-3-11-12(8-10)19-9-18-11/h2-3,8H,4-7,9H2,1H3,(H,14,15). The van der Waals surface area contributed by atoms with Crippen LogP contribution in [0.25, 0.3) is 0 Å². The van der Waals surface area contributed by atoms with Crippen LogP contribution in [0.5, 0.6) is 11.5 Å². The predicted molar refractivity (Wildman–Crippen MR) is 73.6 cm³/mol. The smallest absolute Gasteiger partial charge is 0.231 e. The topological polar surface area (TPSA) is 81.7 Å². The fraction of sp³-hybridized carbons (Fsp3) is 0.462. The lowest BCUT2D eigenvalue weighted by Gasteiger charge is -2.06. The second kappa shape index (κ2) is 6.13. The van der Waals surface area contributed by atoms with E-state index in [1.54, 1.807) is 0 Å². The van der Waals surface area contributed by atoms with Crippen LogP contribution in [0.4, 0.5) is 0 Å². The number of hydrogen-bond donors (Lipinski definition) is 1. The van der Waals surface area contributed by atoms with Crippen molar-refractivity contribution >= 4 is 15.7 Å². The molecular formula is C13H17NO5S. The van der Waals surface area contributed by atoms with Gasteiger partial charge in [0, 0.05) is 19.2 Å². The van der Waals surface area contributed by atoms with Crippen molar-refractivity contribution in [2.75, 3.05) is 25.3 Å². The Morgan fingerprint density at radius 2 is 2.05 bits per heavy atom. The number of benzene rings is 1. The summed E-state index contributed by atoms with van der Waals surface area (Å²) in [4.78, 5) is 11.4. The summed E-state index contributed by atoms with van der Waals surface area (Å²) >= 11 is 0. The van der Waals surface area contributed by atoms with Crippen molar-refractivity contribution in [3.63, 3.8) is 0 Å². The SMILES string of the molecule is CS(=O)(=O)CCC(=O)NCCc1ccc2c(c1)OCO2. The Morgan fingerprint density at radius 3 is 2.80 bits per heavy atom. The molecule has 0 aromatic heterocycles. The molecule has 0 saturated carbocycles. The van der Waals surface area contributed by atoms with Gasteiger partial charge in [0.2, 0.25) is 12.7 Å². The van der Waals surface area contributed by atoms with E-state index in [9.17, 15) is 13.2 Å². The molecule has 1 aliphatic heterocycles. The Hall–Kier alpha value is -1.76. The van der Waals surface area contributed by atoms with Gasteiger partial charge in [-0.25, -0.2) is 8.42 Å². The highest BCUT2D eigenvalue weighted by atomic mass is 32.2. The first-order valence-corrected chi connectivity index (χ1v) is 8.33. The molecule has 0 radical (unpaired) electrons. The van der Waals surface area contributed by atoms with Gasteiger partial charge in [-0.1, -0.05) is 6.07 Å². The number of fused-ring (bicyclic) bond motifs is 1. The molecule has 1 aromatic carbocycles. The molecule has 1 aliphatic rings. The van der Waals surface area contributed by atoms with Crippen molar-refractivity contribution < 1.29 is 22.7 Å². The monoisotopic (exact) mass is 299 g/mol. The lowest BCUT2D eigenvalue weighted by atomic mass is 10.1. The quantitative estimate of drug-likeness (QED) is 0.827. The van der Waals surface area contributed by atoms with Crippen molar-refractivity contribution in [1.82, 2.24) is 5.32 Å². The van der Waals surface area contributed by atoms with Gasteiger partial charge in [-0.2, -0.15) is 0 Å². The fourth-order valence-corrected chi connectivity index (χ4v) is 2.37. The molecule has 6 nitrogen and oxygen atoms in total. The van der Waals surface area contributed by atoms with Crippen LogP contribution in [0.3, 0.4) is 0 Å². The lowest BCUT2D eigenvalue weighted by molar-refractivity contribution is -0.120. The van der Waals surface area contributed by atoms with Crippen LogP contribution < -0.4 is 14.8 Å². The summed E-state index contributed by atoms with van der Waals surface area (Å²) in [6, 6.07) is 5.63. The largest absolute Gasteiger partial charge is 0.454 e. The number of sulfone groups is 1. The van der Waals surface area contributed by atoms with Crippen molar-refractivity contribution in [3.8, 4) is 11.5 Å². The van der Waals surface area contributed by atoms with Crippen molar-refractivity contribution in [2.45, 2.75) is 12.8 Å². The number of nitrogens with one attached hydrogen (secondary N) is 1. The minimum Gasteiger partial charge on any atom is -0.454 e. The van der Waals surface area contributed by atoms with E-state index >= 15 is 0 Å². The van der Waals surface area contributed by atoms with E-state index in [1.807, 2.05) is 18.2 Å². The van der Waals surface area contributed by atoms with Gasteiger partial charge >= 0.3 is 0 Å². The summed E-state index contributed by atoms with van der Waals surface area (Å²) in [6.45, 7) is 0.698. The molecule has 7 heteroatoms. The van der Waals surface area contributed by atoms with Gasteiger partial charge in [-0.3, -0.25) is 4.79 Å². The van der Waals surface area contributed by atoms with Crippen molar-refractivity contribution in [3.05, 3.63) is 23.8 Å². The molecule has 0 saturated heterocycles. The lowest BCUT2D eigenvalue weighted by Crippen LogP contribution is -2.27. The van der Waals surface area contributed by atoms with E-state index in [0.717, 1.165) is 17.6 Å². The second-order valence-corrected chi connectivity index (χ2v) is 6.93. The highest BCUT2D eigenvalue weighted by Crippen LogP contribution is 2.32. The van der Waals surface area contributed by atoms with E-state index in [-0.39, 0.29) is 24.9 Å². The normalized spacial score (nSPS) is 13.2. The van der Waals surface area contributed by atoms with Gasteiger partial charge in [0.25, 0.3) is 0 Å². The van der Waals surface area contributed by atoms with Crippen LogP contribution in [-0.2, 0) is 21.1 Å². The Kier molecular flexibility index (Phi) is 4.49. The molecule has 0 bridgehead atoms. The van der Waals surface area contributed by atoms with Crippen LogP contribution in [0.2, 0.25) is 0 Å². The number of hydrogen-bond acceptors (Lipinski definition) is 5. The van der Waals surface area contributed by atoms with E-state index in [0.29, 0.717) is 18.7 Å². The van der Waals surface area contributed by atoms with Crippen LogP contribution in [0.15, 0.2) is 18.2 Å². The van der Waals surface area contributed by atoms with E-state index in [1.165, 1.54) is 0 Å². The first-order chi connectivity index (χ1) is 9.44. The van der Waals surface area contributed by atoms with E-state index in [4.69, 9.17) is 9.47 Å². The third-order valence-corrected chi connectivity index (χ3v) is 3.82. The average Bonchev–Trinajstić information content (AvgIpc) is 2.83. The zero-order valence-corrected chi connectivity index (χ0v) is 12.0. The van der Waals surface area contributed by atoms with Crippen LogP contribution in [-0.4, -0.2) is 39.7 Å². The van der Waals surface area contributed by atoms with Crippen LogP contribution in [0, 0.1) is 0 Å². The van der Waals surface area contributed by atoms with Gasteiger partial charge in [0.1, 0.15) is 9.84 Å². The maximum atomic E-state index is 11.4. The van der Waals surface area contributed by atoms with Gasteiger partial charge in [0.15, 0.2) is 11.5 Å². The summed E-state index contributed by atoms with van der Waals surface area (Å²) in [5, 5.41) is 2.70. The third-order valence-electron chi connectivity index (χ3n) is 2.87. The van der Waals surface area contributed by atoms with E-state index < -0.39 is 9.84 Å². The second-order valence-electron chi connectivity index (χ2n) is 4.67. The fourth-order valence-electron chi connectivity index (χ4n) is 1.81. The molecular weight excluding hydrogens is 282 g/mol.